The van der Waals surface area contributed by atoms with Crippen LogP contribution in [0.15, 0.2) is 41.3 Å². The van der Waals surface area contributed by atoms with Crippen molar-refractivity contribution in [3.05, 3.63) is 57.6 Å². The fourth-order valence-electron chi connectivity index (χ4n) is 1.75. The van der Waals surface area contributed by atoms with Gasteiger partial charge in [-0.05, 0) is 48.7 Å². The zero-order valence-electron chi connectivity index (χ0n) is 11.5. The Kier molecular flexibility index (Phi) is 5.71. The summed E-state index contributed by atoms with van der Waals surface area (Å²) in [4.78, 5) is 22.9. The highest BCUT2D eigenvalue weighted by molar-refractivity contribution is 8.00. The van der Waals surface area contributed by atoms with Crippen LogP contribution in [0.25, 0.3) is 0 Å². The Morgan fingerprint density at radius 3 is 2.50 bits per heavy atom. The lowest BCUT2D eigenvalue weighted by Crippen LogP contribution is -2.22. The molecule has 0 bridgehead atoms. The van der Waals surface area contributed by atoms with Gasteiger partial charge in [0.1, 0.15) is 0 Å². The largest absolute Gasteiger partial charge is 0.326 e. The molecule has 22 heavy (non-hydrogen) atoms. The Balaban J connectivity index is 2.19. The van der Waals surface area contributed by atoms with Crippen molar-refractivity contribution in [3.8, 4) is 0 Å². The van der Waals surface area contributed by atoms with Gasteiger partial charge in [0.05, 0.1) is 14.9 Å². The molecule has 114 valence electrons. The van der Waals surface area contributed by atoms with Gasteiger partial charge in [-0.25, -0.2) is 0 Å². The summed E-state index contributed by atoms with van der Waals surface area (Å²) in [6, 6.07) is 10.5. The maximum Gasteiger partial charge on any atom is 0.257 e. The number of carbonyl (C=O) groups excluding carboxylic acids is 2. The van der Waals surface area contributed by atoms with Crippen LogP contribution >= 0.6 is 35.1 Å². The lowest BCUT2D eigenvalue weighted by Gasteiger charge is -2.11. The standard InChI is InChI=1S/C15H12Cl2N2O2S/c1-9-5-6-10(7-11(9)15(21)18-8-20)19-22-14-12(16)3-2-4-13(14)17/h2-8,19H,1H3,(H,18,20,21). The van der Waals surface area contributed by atoms with E-state index in [1.165, 1.54) is 11.9 Å². The molecular weight excluding hydrogens is 343 g/mol. The molecule has 2 aromatic carbocycles. The maximum absolute atomic E-state index is 11.8. The van der Waals surface area contributed by atoms with E-state index in [9.17, 15) is 9.59 Å². The molecule has 4 nitrogen and oxygen atoms in total. The number of amides is 2. The van der Waals surface area contributed by atoms with E-state index >= 15 is 0 Å². The summed E-state index contributed by atoms with van der Waals surface area (Å²) in [5.74, 6) is -0.447. The van der Waals surface area contributed by atoms with Crippen LogP contribution in [0.3, 0.4) is 0 Å². The summed E-state index contributed by atoms with van der Waals surface area (Å²) >= 11 is 13.4. The third-order valence-corrected chi connectivity index (χ3v) is 4.70. The molecule has 0 saturated carbocycles. The number of benzene rings is 2. The van der Waals surface area contributed by atoms with Gasteiger partial charge in [-0.3, -0.25) is 14.9 Å². The van der Waals surface area contributed by atoms with Crippen LogP contribution in [0.5, 0.6) is 0 Å². The minimum Gasteiger partial charge on any atom is -0.326 e. The second-order valence-electron chi connectivity index (χ2n) is 4.38. The van der Waals surface area contributed by atoms with Crippen LogP contribution in [-0.2, 0) is 4.79 Å². The molecule has 2 aromatic rings. The van der Waals surface area contributed by atoms with Crippen molar-refractivity contribution in [2.24, 2.45) is 0 Å². The first-order chi connectivity index (χ1) is 10.5. The number of rotatable bonds is 5. The Bertz CT molecular complexity index is 702. The molecule has 0 heterocycles. The Hall–Kier alpha value is -1.69. The monoisotopic (exact) mass is 354 g/mol. The molecule has 0 aromatic heterocycles. The van der Waals surface area contributed by atoms with Crippen LogP contribution in [0.2, 0.25) is 10.0 Å². The van der Waals surface area contributed by atoms with Crippen LogP contribution in [0, 0.1) is 6.92 Å². The second kappa shape index (κ2) is 7.54. The average molecular weight is 355 g/mol. The van der Waals surface area contributed by atoms with Crippen LogP contribution in [0.4, 0.5) is 5.69 Å². The number of hydrogen-bond donors (Lipinski definition) is 2. The highest BCUT2D eigenvalue weighted by Crippen LogP contribution is 2.34. The summed E-state index contributed by atoms with van der Waals surface area (Å²) in [5, 5.41) is 3.20. The highest BCUT2D eigenvalue weighted by Gasteiger charge is 2.10. The third kappa shape index (κ3) is 3.94. The lowest BCUT2D eigenvalue weighted by atomic mass is 10.1. The lowest BCUT2D eigenvalue weighted by molar-refractivity contribution is -0.108. The summed E-state index contributed by atoms with van der Waals surface area (Å²) < 4.78 is 3.09. The van der Waals surface area contributed by atoms with E-state index in [-0.39, 0.29) is 0 Å². The van der Waals surface area contributed by atoms with E-state index in [2.05, 4.69) is 10.0 Å². The van der Waals surface area contributed by atoms with E-state index in [1.807, 2.05) is 6.07 Å². The van der Waals surface area contributed by atoms with Gasteiger partial charge >= 0.3 is 0 Å². The van der Waals surface area contributed by atoms with Crippen molar-refractivity contribution in [1.82, 2.24) is 5.32 Å². The van der Waals surface area contributed by atoms with Gasteiger partial charge < -0.3 is 4.72 Å². The SMILES string of the molecule is Cc1ccc(NSc2c(Cl)cccc2Cl)cc1C(=O)NC=O. The molecule has 0 radical (unpaired) electrons. The fraction of sp³-hybridized carbons (Fsp3) is 0.0667. The van der Waals surface area contributed by atoms with Crippen molar-refractivity contribution in [2.45, 2.75) is 11.8 Å². The number of anilines is 1. The molecule has 0 fully saturated rings. The van der Waals surface area contributed by atoms with Crippen LogP contribution < -0.4 is 10.0 Å². The first-order valence-electron chi connectivity index (χ1n) is 6.25. The molecule has 0 aliphatic rings. The van der Waals surface area contributed by atoms with Crippen LogP contribution in [-0.4, -0.2) is 12.3 Å². The quantitative estimate of drug-likeness (QED) is 0.620. The molecule has 2 N–H and O–H groups in total. The number of nitrogens with one attached hydrogen (secondary N) is 2. The number of aryl methyl sites for hydroxylation is 1. The minimum absolute atomic E-state index is 0.361. The smallest absolute Gasteiger partial charge is 0.257 e. The number of carbonyl (C=O) groups is 2. The molecule has 7 heteroatoms. The predicted octanol–water partition coefficient (Wildman–Crippen LogP) is 4.31. The Labute approximate surface area is 142 Å². The van der Waals surface area contributed by atoms with Gasteiger partial charge in [0.25, 0.3) is 5.91 Å². The fourth-order valence-corrected chi connectivity index (χ4v) is 3.06. The van der Waals surface area contributed by atoms with Gasteiger partial charge in [0.2, 0.25) is 6.41 Å². The number of halogens is 2. The molecule has 0 spiro atoms. The van der Waals surface area contributed by atoms with E-state index < -0.39 is 5.91 Å². The molecular formula is C15H12Cl2N2O2S. The summed E-state index contributed by atoms with van der Waals surface area (Å²) in [6.07, 6.45) is 0.361. The van der Waals surface area contributed by atoms with Crippen LogP contribution in [0.1, 0.15) is 15.9 Å². The minimum atomic E-state index is -0.447. The van der Waals surface area contributed by atoms with Gasteiger partial charge in [-0.2, -0.15) is 0 Å². The second-order valence-corrected chi connectivity index (χ2v) is 6.01. The molecule has 0 aliphatic carbocycles. The van der Waals surface area contributed by atoms with Crippen molar-refractivity contribution < 1.29 is 9.59 Å². The molecule has 0 atom stereocenters. The molecule has 2 amide bonds. The molecule has 0 saturated heterocycles. The molecule has 0 unspecified atom stereocenters. The zero-order valence-corrected chi connectivity index (χ0v) is 13.9. The van der Waals surface area contributed by atoms with Crippen molar-refractivity contribution >= 4 is 53.2 Å². The van der Waals surface area contributed by atoms with E-state index in [0.717, 1.165) is 5.56 Å². The van der Waals surface area contributed by atoms with Gasteiger partial charge in [0, 0.05) is 11.3 Å². The van der Waals surface area contributed by atoms with Crippen molar-refractivity contribution in [1.29, 1.82) is 0 Å². The first kappa shape index (κ1) is 16.7. The van der Waals surface area contributed by atoms with Gasteiger partial charge in [0.15, 0.2) is 0 Å². The normalized spacial score (nSPS) is 10.1. The maximum atomic E-state index is 11.8. The predicted molar refractivity (Wildman–Crippen MR) is 90.7 cm³/mol. The number of imide groups is 1. The third-order valence-electron chi connectivity index (χ3n) is 2.86. The van der Waals surface area contributed by atoms with E-state index in [4.69, 9.17) is 23.2 Å². The summed E-state index contributed by atoms with van der Waals surface area (Å²) in [7, 11) is 0. The van der Waals surface area contributed by atoms with Gasteiger partial charge in [-0.1, -0.05) is 35.3 Å². The first-order valence-corrected chi connectivity index (χ1v) is 7.82. The number of hydrogen-bond acceptors (Lipinski definition) is 4. The zero-order chi connectivity index (χ0) is 16.1. The Morgan fingerprint density at radius 1 is 1.18 bits per heavy atom. The van der Waals surface area contributed by atoms with Crippen molar-refractivity contribution in [3.63, 3.8) is 0 Å². The highest BCUT2D eigenvalue weighted by atomic mass is 35.5. The van der Waals surface area contributed by atoms with Gasteiger partial charge in [-0.15, -0.1) is 0 Å². The Morgan fingerprint density at radius 2 is 1.86 bits per heavy atom. The molecule has 2 rings (SSSR count). The summed E-state index contributed by atoms with van der Waals surface area (Å²) in [5.41, 5.74) is 1.89. The van der Waals surface area contributed by atoms with E-state index in [1.54, 1.807) is 37.3 Å². The topological polar surface area (TPSA) is 58.2 Å². The average Bonchev–Trinajstić information content (AvgIpc) is 2.48. The van der Waals surface area contributed by atoms with E-state index in [0.29, 0.717) is 32.6 Å². The molecule has 0 aliphatic heterocycles. The summed E-state index contributed by atoms with van der Waals surface area (Å²) in [6.45, 7) is 1.79. The van der Waals surface area contributed by atoms with Crippen molar-refractivity contribution in [2.75, 3.05) is 4.72 Å².